The Morgan fingerprint density at radius 1 is 0.299 bits per heavy atom. The molecule has 97 heavy (non-hydrogen) atoms. The van der Waals surface area contributed by atoms with Crippen LogP contribution in [0.2, 0.25) is 0 Å². The molecule has 14 aromatic rings. The van der Waals surface area contributed by atoms with Crippen LogP contribution in [0.4, 0.5) is 34.1 Å². The first kappa shape index (κ1) is 59.4. The second kappa shape index (κ2) is 21.2. The van der Waals surface area contributed by atoms with Crippen molar-refractivity contribution in [3.05, 3.63) is 283 Å². The van der Waals surface area contributed by atoms with E-state index >= 15 is 0 Å². The van der Waals surface area contributed by atoms with E-state index in [1.54, 1.807) is 0 Å². The van der Waals surface area contributed by atoms with Gasteiger partial charge in [0.25, 0.3) is 6.71 Å². The summed E-state index contributed by atoms with van der Waals surface area (Å²) in [5.74, 6) is 0. The van der Waals surface area contributed by atoms with Gasteiger partial charge in [-0.2, -0.15) is 0 Å². The molecular formula is C92H83BN4. The second-order valence-electron chi connectivity index (χ2n) is 32.2. The third-order valence-electron chi connectivity index (χ3n) is 23.4. The maximum Gasteiger partial charge on any atom is 0.252 e. The summed E-state index contributed by atoms with van der Waals surface area (Å²) in [6.45, 7) is 26.3. The molecule has 4 heterocycles. The van der Waals surface area contributed by atoms with E-state index in [0.29, 0.717) is 0 Å². The van der Waals surface area contributed by atoms with Crippen LogP contribution in [0.5, 0.6) is 0 Å². The zero-order valence-electron chi connectivity index (χ0n) is 57.9. The Morgan fingerprint density at radius 2 is 0.649 bits per heavy atom. The minimum atomic E-state index is -0.140. The molecule has 0 saturated carbocycles. The van der Waals surface area contributed by atoms with Crippen LogP contribution in [0.1, 0.15) is 130 Å². The highest BCUT2D eigenvalue weighted by Crippen LogP contribution is 2.52. The van der Waals surface area contributed by atoms with E-state index in [-0.39, 0.29) is 33.8 Å². The Balaban J connectivity index is 0.918. The molecule has 4 aliphatic rings. The maximum absolute atomic E-state index is 2.63. The Labute approximate surface area is 572 Å². The quantitative estimate of drug-likeness (QED) is 0.148. The SMILES string of the molecule is CC(C)(C)c1ccccc1-c1ccc2c(c1)N(c1ccc(-c3ccc4c(c3)C(C)(C)CCC4(C)C)cc1)c1cc(-n3c4ccccc4c4ccccc43)cc3c1B2c1ccc(-n2c4ccccc4c4ccccc42)cc1N3c1ccc(-c2ccc3c(c2)C(C)(C)CCC3(C)C)cc1. The molecule has 0 atom stereocenters. The predicted octanol–water partition coefficient (Wildman–Crippen LogP) is 23.0. The fraction of sp³-hybridized carbons (Fsp3) is 0.217. The van der Waals surface area contributed by atoms with Crippen LogP contribution >= 0.6 is 0 Å². The van der Waals surface area contributed by atoms with E-state index < -0.39 is 0 Å². The fourth-order valence-corrected chi connectivity index (χ4v) is 17.9. The molecule has 0 unspecified atom stereocenters. The molecule has 474 valence electrons. The monoisotopic (exact) mass is 1250 g/mol. The number of para-hydroxylation sites is 4. The summed E-state index contributed by atoms with van der Waals surface area (Å²) < 4.78 is 5.03. The largest absolute Gasteiger partial charge is 0.311 e. The van der Waals surface area contributed by atoms with E-state index in [1.807, 2.05) is 0 Å². The highest BCUT2D eigenvalue weighted by molar-refractivity contribution is 7.00. The number of nitrogens with zero attached hydrogens (tertiary/aromatic N) is 4. The van der Waals surface area contributed by atoms with Crippen LogP contribution in [0.25, 0.3) is 88.4 Å². The van der Waals surface area contributed by atoms with Gasteiger partial charge in [-0.3, -0.25) is 0 Å². The summed E-state index contributed by atoms with van der Waals surface area (Å²) in [6, 6.07) is 98.5. The topological polar surface area (TPSA) is 16.3 Å². The number of benzene rings is 12. The minimum Gasteiger partial charge on any atom is -0.311 e. The lowest BCUT2D eigenvalue weighted by molar-refractivity contribution is 0.332. The molecule has 12 aromatic carbocycles. The van der Waals surface area contributed by atoms with Crippen molar-refractivity contribution in [3.63, 3.8) is 0 Å². The smallest absolute Gasteiger partial charge is 0.252 e. The lowest BCUT2D eigenvalue weighted by Crippen LogP contribution is -2.61. The van der Waals surface area contributed by atoms with Crippen LogP contribution in [0, 0.1) is 0 Å². The average Bonchev–Trinajstić information content (AvgIpc) is 1.18. The van der Waals surface area contributed by atoms with Gasteiger partial charge in [0.15, 0.2) is 0 Å². The Kier molecular flexibility index (Phi) is 13.0. The van der Waals surface area contributed by atoms with Gasteiger partial charge in [-0.25, -0.2) is 0 Å². The zero-order chi connectivity index (χ0) is 66.2. The van der Waals surface area contributed by atoms with Crippen molar-refractivity contribution in [2.24, 2.45) is 0 Å². The van der Waals surface area contributed by atoms with Gasteiger partial charge in [-0.1, -0.05) is 252 Å². The van der Waals surface area contributed by atoms with Crippen LogP contribution in [0.15, 0.2) is 255 Å². The molecule has 4 nitrogen and oxygen atoms in total. The van der Waals surface area contributed by atoms with Gasteiger partial charge >= 0.3 is 0 Å². The molecular weight excluding hydrogens is 1170 g/mol. The van der Waals surface area contributed by atoms with Gasteiger partial charge in [0.05, 0.1) is 27.8 Å². The van der Waals surface area contributed by atoms with Crippen molar-refractivity contribution in [1.82, 2.24) is 9.13 Å². The average molecular weight is 1260 g/mol. The number of aromatic nitrogens is 2. The third kappa shape index (κ3) is 9.16. The summed E-state index contributed by atoms with van der Waals surface area (Å²) in [7, 11) is 0. The molecule has 0 fully saturated rings. The first-order chi connectivity index (χ1) is 46.7. The van der Waals surface area contributed by atoms with Crippen molar-refractivity contribution in [2.45, 2.75) is 129 Å². The number of hydrogen-bond acceptors (Lipinski definition) is 2. The normalized spacial score (nSPS) is 16.3. The molecule has 2 aromatic heterocycles. The summed E-state index contributed by atoms with van der Waals surface area (Å²) in [5.41, 5.74) is 32.7. The van der Waals surface area contributed by atoms with Crippen molar-refractivity contribution in [3.8, 4) is 44.8 Å². The Morgan fingerprint density at radius 3 is 1.10 bits per heavy atom. The van der Waals surface area contributed by atoms with Gasteiger partial charge in [0, 0.05) is 61.4 Å². The molecule has 0 N–H and O–H groups in total. The van der Waals surface area contributed by atoms with E-state index in [4.69, 9.17) is 0 Å². The zero-order valence-corrected chi connectivity index (χ0v) is 57.9. The fourth-order valence-electron chi connectivity index (χ4n) is 17.9. The van der Waals surface area contributed by atoms with E-state index in [9.17, 15) is 0 Å². The van der Waals surface area contributed by atoms with Crippen LogP contribution in [-0.4, -0.2) is 15.8 Å². The first-order valence-electron chi connectivity index (χ1n) is 35.3. The summed E-state index contributed by atoms with van der Waals surface area (Å²) in [6.07, 6.45) is 4.73. The third-order valence-corrected chi connectivity index (χ3v) is 23.4. The molecule has 0 bridgehead atoms. The summed E-state index contributed by atoms with van der Waals surface area (Å²) in [5, 5.41) is 4.97. The van der Waals surface area contributed by atoms with Gasteiger partial charge in [0.2, 0.25) is 0 Å². The number of anilines is 6. The summed E-state index contributed by atoms with van der Waals surface area (Å²) in [4.78, 5) is 5.26. The molecule has 18 rings (SSSR count). The Bertz CT molecular complexity index is 5480. The number of hydrogen-bond donors (Lipinski definition) is 0. The van der Waals surface area contributed by atoms with Crippen molar-refractivity contribution in [2.75, 3.05) is 9.80 Å². The molecule has 0 radical (unpaired) electrons. The van der Waals surface area contributed by atoms with E-state index in [2.05, 4.69) is 350 Å². The predicted molar refractivity (Wildman–Crippen MR) is 415 cm³/mol. The molecule has 0 spiro atoms. The van der Waals surface area contributed by atoms with Gasteiger partial charge in [0.1, 0.15) is 0 Å². The second-order valence-corrected chi connectivity index (χ2v) is 32.2. The molecule has 2 aliphatic carbocycles. The highest BCUT2D eigenvalue weighted by Gasteiger charge is 2.45. The molecule has 5 heteroatoms. The minimum absolute atomic E-state index is 0.0882. The molecule has 2 aliphatic heterocycles. The van der Waals surface area contributed by atoms with Crippen LogP contribution in [0.3, 0.4) is 0 Å². The lowest BCUT2D eigenvalue weighted by Gasteiger charge is -2.45. The van der Waals surface area contributed by atoms with Gasteiger partial charge in [-0.15, -0.1) is 0 Å². The first-order valence-corrected chi connectivity index (χ1v) is 35.3. The molecule has 0 amide bonds. The van der Waals surface area contributed by atoms with E-state index in [1.165, 1.54) is 153 Å². The Hall–Kier alpha value is -10.1. The highest BCUT2D eigenvalue weighted by atomic mass is 15.2. The van der Waals surface area contributed by atoms with Crippen molar-refractivity contribution in [1.29, 1.82) is 0 Å². The summed E-state index contributed by atoms with van der Waals surface area (Å²) >= 11 is 0. The standard InChI is InChI=1S/C92H83BN4/c1-88(2,3)72-27-17-12-22-67(72)62-38-46-77-83(54-62)94(63-39-32-58(33-40-63)60-36-44-73-75(52-60)91(8,9)50-48-89(73,4)5)85-56-66(97-81-30-20-15-25-70(81)71-26-16-21-31-82(71)97)57-86-87(85)93(77)78-47-43-65(96-79-28-18-13-23-68(79)69-24-14-19-29-80(69)96)55-84(78)95(86)64-41-34-59(35-42-64)61-37-45-74-76(53-61)92(10,11)51-49-90(74,6)7/h12-47,52-57H,48-51H2,1-11H3. The lowest BCUT2D eigenvalue weighted by atomic mass is 9.33. The van der Waals surface area contributed by atoms with E-state index in [0.717, 1.165) is 39.8 Å². The van der Waals surface area contributed by atoms with Gasteiger partial charge < -0.3 is 18.9 Å². The van der Waals surface area contributed by atoms with Crippen LogP contribution < -0.4 is 26.2 Å². The van der Waals surface area contributed by atoms with Crippen molar-refractivity contribution >= 4 is 101 Å². The van der Waals surface area contributed by atoms with Crippen LogP contribution in [-0.2, 0) is 27.1 Å². The van der Waals surface area contributed by atoms with Gasteiger partial charge in [-0.05, 0) is 209 Å². The van der Waals surface area contributed by atoms with Crippen molar-refractivity contribution < 1.29 is 0 Å². The molecule has 0 saturated heterocycles. The number of fused-ring (bicyclic) bond motifs is 12. The number of rotatable bonds is 7. The maximum atomic E-state index is 2.63.